The molecule has 0 spiro atoms. The van der Waals surface area contributed by atoms with Crippen LogP contribution in [-0.4, -0.2) is 45.1 Å². The van der Waals surface area contributed by atoms with Crippen LogP contribution in [0.2, 0.25) is 0 Å². The Morgan fingerprint density at radius 2 is 2.33 bits per heavy atom. The number of aromatic nitrogens is 3. The topological polar surface area (TPSA) is 87.9 Å². The highest BCUT2D eigenvalue weighted by Crippen LogP contribution is 2.22. The lowest BCUT2D eigenvalue weighted by molar-refractivity contribution is 0.0554. The molecule has 0 radical (unpaired) electrons. The van der Waals surface area contributed by atoms with E-state index in [-0.39, 0.29) is 17.8 Å². The van der Waals surface area contributed by atoms with E-state index >= 15 is 0 Å². The van der Waals surface area contributed by atoms with Gasteiger partial charge in [0.15, 0.2) is 0 Å². The van der Waals surface area contributed by atoms with Crippen molar-refractivity contribution in [2.45, 2.75) is 39.2 Å². The minimum absolute atomic E-state index is 0.0865. The van der Waals surface area contributed by atoms with Crippen LogP contribution < -0.4 is 5.73 Å². The first-order valence-electron chi connectivity index (χ1n) is 6.58. The molecule has 1 amide bonds. The van der Waals surface area contributed by atoms with Gasteiger partial charge in [0.1, 0.15) is 5.82 Å². The van der Waals surface area contributed by atoms with Crippen molar-refractivity contribution in [2.75, 3.05) is 13.1 Å². The number of nitrogens with zero attached hydrogens (tertiary/aromatic N) is 3. The number of rotatable bonds is 3. The van der Waals surface area contributed by atoms with Gasteiger partial charge in [0, 0.05) is 19.0 Å². The Labute approximate surface area is 107 Å². The molecule has 0 aromatic carbocycles. The summed E-state index contributed by atoms with van der Waals surface area (Å²) in [5.74, 6) is 1.33. The predicted molar refractivity (Wildman–Crippen MR) is 68.0 cm³/mol. The first kappa shape index (κ1) is 13.0. The van der Waals surface area contributed by atoms with Crippen molar-refractivity contribution in [3.63, 3.8) is 0 Å². The number of carbonyl (C=O) groups is 1. The zero-order valence-electron chi connectivity index (χ0n) is 11.0. The summed E-state index contributed by atoms with van der Waals surface area (Å²) in [5.41, 5.74) is 5.70. The van der Waals surface area contributed by atoms with Crippen LogP contribution >= 0.6 is 0 Å². The van der Waals surface area contributed by atoms with Crippen LogP contribution in [0.3, 0.4) is 0 Å². The Hall–Kier alpha value is -1.43. The highest BCUT2D eigenvalue weighted by atomic mass is 16.2. The number of hydrogen-bond donors (Lipinski definition) is 2. The summed E-state index contributed by atoms with van der Waals surface area (Å²) in [5, 5.41) is 6.77. The van der Waals surface area contributed by atoms with Gasteiger partial charge in [0.25, 0.3) is 5.91 Å². The summed E-state index contributed by atoms with van der Waals surface area (Å²) in [6, 6.07) is 0.240. The molecule has 18 heavy (non-hydrogen) atoms. The second kappa shape index (κ2) is 5.48. The Morgan fingerprint density at radius 1 is 1.56 bits per heavy atom. The van der Waals surface area contributed by atoms with E-state index in [0.717, 1.165) is 25.1 Å². The fraction of sp³-hybridized carbons (Fsp3) is 0.750. The molecule has 1 saturated heterocycles. The maximum absolute atomic E-state index is 12.3. The number of likely N-dealkylation sites (tertiary alicyclic amines) is 1. The number of carbonyl (C=O) groups excluding carboxylic acids is 1. The molecule has 2 rings (SSSR count). The number of aromatic amines is 1. The van der Waals surface area contributed by atoms with Crippen molar-refractivity contribution < 1.29 is 4.79 Å². The molecule has 0 bridgehead atoms. The number of H-pyrrole nitrogens is 1. The summed E-state index contributed by atoms with van der Waals surface area (Å²) >= 11 is 0. The lowest BCUT2D eigenvalue weighted by Gasteiger charge is -2.37. The first-order valence-corrected chi connectivity index (χ1v) is 6.58. The van der Waals surface area contributed by atoms with E-state index < -0.39 is 0 Å². The normalized spacial score (nSPS) is 24.3. The average molecular weight is 251 g/mol. The monoisotopic (exact) mass is 251 g/mol. The first-order chi connectivity index (χ1) is 8.65. The maximum Gasteiger partial charge on any atom is 0.293 e. The number of aryl methyl sites for hydroxylation is 1. The average Bonchev–Trinajstić information content (AvgIpc) is 2.87. The van der Waals surface area contributed by atoms with Crippen molar-refractivity contribution >= 4 is 5.91 Å². The van der Waals surface area contributed by atoms with Crippen LogP contribution in [0.15, 0.2) is 0 Å². The van der Waals surface area contributed by atoms with Crippen LogP contribution in [0.5, 0.6) is 0 Å². The Bertz CT molecular complexity index is 416. The SMILES string of the molecule is CCc1nc(C(=O)N2CC(CN)CCC2C)n[nH]1. The van der Waals surface area contributed by atoms with E-state index in [2.05, 4.69) is 22.1 Å². The van der Waals surface area contributed by atoms with Gasteiger partial charge in [-0.1, -0.05) is 6.92 Å². The van der Waals surface area contributed by atoms with E-state index in [4.69, 9.17) is 5.73 Å². The van der Waals surface area contributed by atoms with Gasteiger partial charge in [-0.15, -0.1) is 5.10 Å². The number of hydrogen-bond acceptors (Lipinski definition) is 4. The molecule has 100 valence electrons. The van der Waals surface area contributed by atoms with Crippen molar-refractivity contribution in [2.24, 2.45) is 11.7 Å². The van der Waals surface area contributed by atoms with E-state index in [1.807, 2.05) is 11.8 Å². The highest BCUT2D eigenvalue weighted by molar-refractivity contribution is 5.90. The Kier molecular flexibility index (Phi) is 3.96. The molecule has 0 saturated carbocycles. The van der Waals surface area contributed by atoms with Crippen molar-refractivity contribution in [3.8, 4) is 0 Å². The third kappa shape index (κ3) is 2.53. The smallest absolute Gasteiger partial charge is 0.293 e. The lowest BCUT2D eigenvalue weighted by Crippen LogP contribution is -2.47. The molecular formula is C12H21N5O. The lowest BCUT2D eigenvalue weighted by atomic mass is 9.93. The molecule has 6 nitrogen and oxygen atoms in total. The molecule has 2 atom stereocenters. The third-order valence-electron chi connectivity index (χ3n) is 3.63. The molecule has 2 heterocycles. The van der Waals surface area contributed by atoms with Crippen LogP contribution in [0.25, 0.3) is 0 Å². The van der Waals surface area contributed by atoms with E-state index in [9.17, 15) is 4.79 Å². The van der Waals surface area contributed by atoms with Gasteiger partial charge in [-0.2, -0.15) is 0 Å². The molecule has 1 aliphatic heterocycles. The maximum atomic E-state index is 12.3. The Balaban J connectivity index is 2.11. The zero-order chi connectivity index (χ0) is 13.1. The second-order valence-electron chi connectivity index (χ2n) is 4.94. The van der Waals surface area contributed by atoms with Gasteiger partial charge >= 0.3 is 0 Å². The summed E-state index contributed by atoms with van der Waals surface area (Å²) in [4.78, 5) is 18.4. The largest absolute Gasteiger partial charge is 0.333 e. The van der Waals surface area contributed by atoms with Gasteiger partial charge in [-0.3, -0.25) is 9.89 Å². The molecule has 0 aliphatic carbocycles. The molecule has 6 heteroatoms. The standard InChI is InChI=1S/C12H21N5O/c1-3-10-14-11(16-15-10)12(18)17-7-9(6-13)5-4-8(17)2/h8-9H,3-7,13H2,1-2H3,(H,14,15,16). The molecular weight excluding hydrogens is 230 g/mol. The van der Waals surface area contributed by atoms with Crippen LogP contribution in [0.1, 0.15) is 43.1 Å². The molecule has 1 aromatic rings. The van der Waals surface area contributed by atoms with Crippen LogP contribution in [-0.2, 0) is 6.42 Å². The van der Waals surface area contributed by atoms with Gasteiger partial charge in [0.05, 0.1) is 0 Å². The summed E-state index contributed by atoms with van der Waals surface area (Å²) in [6.07, 6.45) is 2.84. The fourth-order valence-corrected chi connectivity index (χ4v) is 2.34. The molecule has 1 aromatic heterocycles. The second-order valence-corrected chi connectivity index (χ2v) is 4.94. The van der Waals surface area contributed by atoms with Crippen LogP contribution in [0.4, 0.5) is 0 Å². The summed E-state index contributed by atoms with van der Waals surface area (Å²) in [7, 11) is 0. The number of piperidine rings is 1. The Morgan fingerprint density at radius 3 is 2.94 bits per heavy atom. The van der Waals surface area contributed by atoms with Gasteiger partial charge in [-0.25, -0.2) is 4.98 Å². The summed E-state index contributed by atoms with van der Waals surface area (Å²) in [6.45, 7) is 5.39. The van der Waals surface area contributed by atoms with Crippen molar-refractivity contribution in [1.29, 1.82) is 0 Å². The molecule has 1 fully saturated rings. The van der Waals surface area contributed by atoms with E-state index in [0.29, 0.717) is 19.0 Å². The van der Waals surface area contributed by atoms with Crippen LogP contribution in [0, 0.1) is 5.92 Å². The minimum Gasteiger partial charge on any atom is -0.333 e. The fourth-order valence-electron chi connectivity index (χ4n) is 2.34. The highest BCUT2D eigenvalue weighted by Gasteiger charge is 2.30. The van der Waals surface area contributed by atoms with E-state index in [1.165, 1.54) is 0 Å². The van der Waals surface area contributed by atoms with Gasteiger partial charge < -0.3 is 10.6 Å². The predicted octanol–water partition coefficient (Wildman–Crippen LogP) is 0.566. The number of amides is 1. The van der Waals surface area contributed by atoms with Gasteiger partial charge in [-0.05, 0) is 32.2 Å². The minimum atomic E-state index is -0.0865. The van der Waals surface area contributed by atoms with Crippen molar-refractivity contribution in [3.05, 3.63) is 11.6 Å². The molecule has 1 aliphatic rings. The third-order valence-corrected chi connectivity index (χ3v) is 3.63. The quantitative estimate of drug-likeness (QED) is 0.822. The summed E-state index contributed by atoms with van der Waals surface area (Å²) < 4.78 is 0. The number of nitrogens with two attached hydrogens (primary N) is 1. The zero-order valence-corrected chi connectivity index (χ0v) is 11.0. The van der Waals surface area contributed by atoms with Gasteiger partial charge in [0.2, 0.25) is 5.82 Å². The van der Waals surface area contributed by atoms with E-state index in [1.54, 1.807) is 0 Å². The van der Waals surface area contributed by atoms with Crippen molar-refractivity contribution in [1.82, 2.24) is 20.1 Å². The molecule has 2 unspecified atom stereocenters. The molecule has 3 N–H and O–H groups in total. The number of nitrogens with one attached hydrogen (secondary N) is 1.